The lowest BCUT2D eigenvalue weighted by Gasteiger charge is -2.07. The molecule has 0 aliphatic carbocycles. The minimum atomic E-state index is -0.363. The zero-order chi connectivity index (χ0) is 12.1. The monoisotopic (exact) mass is 227 g/mol. The summed E-state index contributed by atoms with van der Waals surface area (Å²) in [5.41, 5.74) is 2.04. The number of halogens is 1. The van der Waals surface area contributed by atoms with Crippen molar-refractivity contribution in [3.63, 3.8) is 0 Å². The van der Waals surface area contributed by atoms with Crippen molar-refractivity contribution in [2.45, 2.75) is 6.54 Å². The van der Waals surface area contributed by atoms with Crippen LogP contribution in [0.1, 0.15) is 11.1 Å². The molecule has 0 radical (unpaired) electrons. The first kappa shape index (κ1) is 11.1. The van der Waals surface area contributed by atoms with Gasteiger partial charge in [-0.2, -0.15) is 5.26 Å². The molecular formula is C13H10FN3. The van der Waals surface area contributed by atoms with E-state index in [-0.39, 0.29) is 5.82 Å². The lowest BCUT2D eigenvalue weighted by Crippen LogP contribution is -2.01. The molecule has 0 saturated carbocycles. The standard InChI is InChI=1S/C13H10FN3/c14-12-5-10(7-16-9-12)8-17-13-4-2-1-3-11(13)6-15/h1-5,7,9,17H,8H2. The van der Waals surface area contributed by atoms with Gasteiger partial charge in [0.05, 0.1) is 17.4 Å². The van der Waals surface area contributed by atoms with Crippen LogP contribution in [0.25, 0.3) is 0 Å². The maximum absolute atomic E-state index is 12.9. The summed E-state index contributed by atoms with van der Waals surface area (Å²) in [5, 5.41) is 12.0. The second-order valence-electron chi connectivity index (χ2n) is 3.52. The van der Waals surface area contributed by atoms with Gasteiger partial charge in [0.1, 0.15) is 11.9 Å². The molecule has 0 atom stereocenters. The molecule has 0 fully saturated rings. The Morgan fingerprint density at radius 1 is 1.29 bits per heavy atom. The molecule has 3 nitrogen and oxygen atoms in total. The van der Waals surface area contributed by atoms with E-state index in [1.165, 1.54) is 6.07 Å². The molecule has 2 aromatic rings. The van der Waals surface area contributed by atoms with Gasteiger partial charge in [-0.15, -0.1) is 0 Å². The number of pyridine rings is 1. The summed E-state index contributed by atoms with van der Waals surface area (Å²) in [7, 11) is 0. The van der Waals surface area contributed by atoms with Crippen molar-refractivity contribution in [2.75, 3.05) is 5.32 Å². The summed E-state index contributed by atoms with van der Waals surface area (Å²) < 4.78 is 12.9. The Morgan fingerprint density at radius 2 is 2.12 bits per heavy atom. The second-order valence-corrected chi connectivity index (χ2v) is 3.52. The topological polar surface area (TPSA) is 48.7 Å². The molecule has 2 rings (SSSR count). The number of nitrogens with zero attached hydrogens (tertiary/aromatic N) is 2. The molecule has 1 aromatic carbocycles. The third-order valence-electron chi connectivity index (χ3n) is 2.29. The van der Waals surface area contributed by atoms with Gasteiger partial charge in [0.2, 0.25) is 0 Å². The molecule has 4 heteroatoms. The zero-order valence-electron chi connectivity index (χ0n) is 9.02. The normalized spacial score (nSPS) is 9.65. The Balaban J connectivity index is 2.10. The van der Waals surface area contributed by atoms with Gasteiger partial charge < -0.3 is 5.32 Å². The number of anilines is 1. The number of rotatable bonds is 3. The summed E-state index contributed by atoms with van der Waals surface area (Å²) in [5.74, 6) is -0.363. The third-order valence-corrected chi connectivity index (χ3v) is 2.29. The number of nitrogens with one attached hydrogen (secondary N) is 1. The molecule has 1 N–H and O–H groups in total. The number of hydrogen-bond acceptors (Lipinski definition) is 3. The van der Waals surface area contributed by atoms with Gasteiger partial charge in [0, 0.05) is 12.7 Å². The van der Waals surface area contributed by atoms with Crippen molar-refractivity contribution < 1.29 is 4.39 Å². The molecule has 0 saturated heterocycles. The fourth-order valence-corrected chi connectivity index (χ4v) is 1.48. The highest BCUT2D eigenvalue weighted by atomic mass is 19.1. The van der Waals surface area contributed by atoms with Crippen molar-refractivity contribution in [1.82, 2.24) is 4.98 Å². The zero-order valence-corrected chi connectivity index (χ0v) is 9.02. The summed E-state index contributed by atoms with van der Waals surface area (Å²) in [6.45, 7) is 0.434. The number of benzene rings is 1. The quantitative estimate of drug-likeness (QED) is 0.877. The lowest BCUT2D eigenvalue weighted by atomic mass is 10.2. The van der Waals surface area contributed by atoms with Crippen LogP contribution in [0.2, 0.25) is 0 Å². The summed E-state index contributed by atoms with van der Waals surface area (Å²) in [4.78, 5) is 3.76. The molecule has 1 aromatic heterocycles. The van der Waals surface area contributed by atoms with Crippen LogP contribution in [0, 0.1) is 17.1 Å². The maximum atomic E-state index is 12.9. The first-order valence-electron chi connectivity index (χ1n) is 5.12. The average Bonchev–Trinajstić information content (AvgIpc) is 2.37. The predicted octanol–water partition coefficient (Wildman–Crippen LogP) is 2.70. The van der Waals surface area contributed by atoms with Crippen LogP contribution in [-0.4, -0.2) is 4.98 Å². The lowest BCUT2D eigenvalue weighted by molar-refractivity contribution is 0.619. The van der Waals surface area contributed by atoms with E-state index in [4.69, 9.17) is 5.26 Å². The van der Waals surface area contributed by atoms with E-state index in [0.717, 1.165) is 17.4 Å². The van der Waals surface area contributed by atoms with Crippen molar-refractivity contribution in [1.29, 1.82) is 5.26 Å². The predicted molar refractivity (Wildman–Crippen MR) is 62.7 cm³/mol. The van der Waals surface area contributed by atoms with Crippen LogP contribution in [-0.2, 0) is 6.54 Å². The molecular weight excluding hydrogens is 217 g/mol. The minimum Gasteiger partial charge on any atom is -0.380 e. The van der Waals surface area contributed by atoms with Crippen molar-refractivity contribution in [3.05, 3.63) is 59.7 Å². The molecule has 84 valence electrons. The van der Waals surface area contributed by atoms with Gasteiger partial charge >= 0.3 is 0 Å². The van der Waals surface area contributed by atoms with E-state index < -0.39 is 0 Å². The molecule has 0 unspecified atom stereocenters. The molecule has 0 aliphatic heterocycles. The van der Waals surface area contributed by atoms with Gasteiger partial charge in [-0.25, -0.2) is 4.39 Å². The van der Waals surface area contributed by atoms with E-state index in [1.807, 2.05) is 12.1 Å². The Kier molecular flexibility index (Phi) is 3.31. The summed E-state index contributed by atoms with van der Waals surface area (Å²) in [6.07, 6.45) is 2.75. The third kappa shape index (κ3) is 2.79. The Bertz CT molecular complexity index is 561. The molecule has 0 spiro atoms. The fourth-order valence-electron chi connectivity index (χ4n) is 1.48. The number of para-hydroxylation sites is 1. The Hall–Kier alpha value is -2.41. The van der Waals surface area contributed by atoms with Crippen LogP contribution in [0.3, 0.4) is 0 Å². The first-order chi connectivity index (χ1) is 8.29. The second kappa shape index (κ2) is 5.08. The van der Waals surface area contributed by atoms with Gasteiger partial charge in [-0.3, -0.25) is 4.98 Å². The molecule has 17 heavy (non-hydrogen) atoms. The number of aromatic nitrogens is 1. The largest absolute Gasteiger partial charge is 0.380 e. The smallest absolute Gasteiger partial charge is 0.141 e. The van der Waals surface area contributed by atoms with Crippen molar-refractivity contribution in [3.8, 4) is 6.07 Å². The number of hydrogen-bond donors (Lipinski definition) is 1. The van der Waals surface area contributed by atoms with E-state index in [0.29, 0.717) is 12.1 Å². The van der Waals surface area contributed by atoms with Crippen LogP contribution >= 0.6 is 0 Å². The van der Waals surface area contributed by atoms with Crippen LogP contribution in [0.15, 0.2) is 42.7 Å². The Labute approximate surface area is 98.5 Å². The van der Waals surface area contributed by atoms with Crippen LogP contribution < -0.4 is 5.32 Å². The van der Waals surface area contributed by atoms with Crippen LogP contribution in [0.5, 0.6) is 0 Å². The van der Waals surface area contributed by atoms with E-state index in [1.54, 1.807) is 18.3 Å². The summed E-state index contributed by atoms with van der Waals surface area (Å²) >= 11 is 0. The van der Waals surface area contributed by atoms with Gasteiger partial charge in [-0.05, 0) is 23.8 Å². The van der Waals surface area contributed by atoms with Crippen molar-refractivity contribution >= 4 is 5.69 Å². The average molecular weight is 227 g/mol. The van der Waals surface area contributed by atoms with Gasteiger partial charge in [0.15, 0.2) is 0 Å². The first-order valence-corrected chi connectivity index (χ1v) is 5.12. The highest BCUT2D eigenvalue weighted by Crippen LogP contribution is 2.14. The van der Waals surface area contributed by atoms with Crippen molar-refractivity contribution in [2.24, 2.45) is 0 Å². The minimum absolute atomic E-state index is 0.363. The van der Waals surface area contributed by atoms with Gasteiger partial charge in [0.25, 0.3) is 0 Å². The molecule has 0 amide bonds. The van der Waals surface area contributed by atoms with E-state index in [2.05, 4.69) is 16.4 Å². The number of nitriles is 1. The highest BCUT2D eigenvalue weighted by molar-refractivity contribution is 5.57. The molecule has 0 bridgehead atoms. The SMILES string of the molecule is N#Cc1ccccc1NCc1cncc(F)c1. The molecule has 0 aliphatic rings. The Morgan fingerprint density at radius 3 is 2.88 bits per heavy atom. The highest BCUT2D eigenvalue weighted by Gasteiger charge is 2.00. The van der Waals surface area contributed by atoms with E-state index in [9.17, 15) is 4.39 Å². The maximum Gasteiger partial charge on any atom is 0.141 e. The van der Waals surface area contributed by atoms with E-state index >= 15 is 0 Å². The van der Waals surface area contributed by atoms with Gasteiger partial charge in [-0.1, -0.05) is 12.1 Å². The fraction of sp³-hybridized carbons (Fsp3) is 0.0769. The van der Waals surface area contributed by atoms with Crippen LogP contribution in [0.4, 0.5) is 10.1 Å². The molecule has 1 heterocycles. The summed E-state index contributed by atoms with van der Waals surface area (Å²) in [6, 6.07) is 10.7.